The number of nitrogens with zero attached hydrogens (tertiary/aromatic N) is 2. The molecule has 1 aromatic heterocycles. The van der Waals surface area contributed by atoms with Gasteiger partial charge in [0.25, 0.3) is 5.91 Å². The smallest absolute Gasteiger partial charge is 0.255 e. The van der Waals surface area contributed by atoms with Crippen LogP contribution < -0.4 is 10.9 Å². The number of aryl methyl sites for hydroxylation is 2. The Labute approximate surface area is 161 Å². The maximum Gasteiger partial charge on any atom is 0.255 e. The Kier molecular flexibility index (Phi) is 5.23. The van der Waals surface area contributed by atoms with Crippen molar-refractivity contribution in [2.45, 2.75) is 38.6 Å². The average Bonchev–Trinajstić information content (AvgIpc) is 3.18. The highest BCUT2D eigenvalue weighted by Crippen LogP contribution is 2.32. The van der Waals surface area contributed by atoms with Gasteiger partial charge in [-0.05, 0) is 49.8 Å². The molecule has 3 unspecified atom stereocenters. The summed E-state index contributed by atoms with van der Waals surface area (Å²) in [4.78, 5) is 19.2. The molecule has 2 aliphatic heterocycles. The number of piperidine rings is 1. The summed E-state index contributed by atoms with van der Waals surface area (Å²) in [6, 6.07) is 11.1. The predicted octanol–water partition coefficient (Wildman–Crippen LogP) is 2.81. The molecule has 2 saturated heterocycles. The molecule has 2 aromatic rings. The SMILES string of the molecule is Cc1ccc(C2CNNC2C2CCCN(C(=O)c3cnccc3C)C2)cc1. The molecule has 3 atom stereocenters. The molecule has 0 radical (unpaired) electrons. The topological polar surface area (TPSA) is 57.3 Å². The van der Waals surface area contributed by atoms with E-state index in [1.807, 2.05) is 17.9 Å². The third-order valence-electron chi connectivity index (χ3n) is 6.05. The second kappa shape index (κ2) is 7.79. The largest absolute Gasteiger partial charge is 0.338 e. The molecule has 142 valence electrons. The summed E-state index contributed by atoms with van der Waals surface area (Å²) in [6.45, 7) is 6.66. The van der Waals surface area contributed by atoms with Crippen molar-refractivity contribution >= 4 is 5.91 Å². The van der Waals surface area contributed by atoms with Crippen LogP contribution in [0.1, 0.15) is 45.8 Å². The molecular formula is C22H28N4O. The normalized spacial score (nSPS) is 25.6. The van der Waals surface area contributed by atoms with E-state index in [0.717, 1.165) is 43.6 Å². The third kappa shape index (κ3) is 3.75. The van der Waals surface area contributed by atoms with E-state index in [0.29, 0.717) is 17.9 Å². The summed E-state index contributed by atoms with van der Waals surface area (Å²) in [5.41, 5.74) is 11.2. The lowest BCUT2D eigenvalue weighted by molar-refractivity contribution is 0.0643. The number of aromatic nitrogens is 1. The van der Waals surface area contributed by atoms with E-state index in [1.54, 1.807) is 12.4 Å². The zero-order chi connectivity index (χ0) is 18.8. The lowest BCUT2D eigenvalue weighted by atomic mass is 9.81. The van der Waals surface area contributed by atoms with Crippen molar-refractivity contribution in [1.29, 1.82) is 0 Å². The number of likely N-dealkylation sites (tertiary alicyclic amines) is 1. The van der Waals surface area contributed by atoms with E-state index in [2.05, 4.69) is 47.0 Å². The minimum Gasteiger partial charge on any atom is -0.338 e. The van der Waals surface area contributed by atoms with E-state index in [1.165, 1.54) is 11.1 Å². The summed E-state index contributed by atoms with van der Waals surface area (Å²) < 4.78 is 0. The molecule has 5 nitrogen and oxygen atoms in total. The second-order valence-corrected chi connectivity index (χ2v) is 7.91. The van der Waals surface area contributed by atoms with Crippen LogP contribution >= 0.6 is 0 Å². The number of hydrazine groups is 1. The lowest BCUT2D eigenvalue weighted by Gasteiger charge is -2.37. The molecule has 1 aromatic carbocycles. The number of carbonyl (C=O) groups excluding carboxylic acids is 1. The van der Waals surface area contributed by atoms with Gasteiger partial charge in [0, 0.05) is 44.0 Å². The van der Waals surface area contributed by atoms with Gasteiger partial charge in [0.2, 0.25) is 0 Å². The van der Waals surface area contributed by atoms with Gasteiger partial charge in [-0.1, -0.05) is 29.8 Å². The zero-order valence-electron chi connectivity index (χ0n) is 16.1. The number of nitrogens with one attached hydrogen (secondary N) is 2. The summed E-state index contributed by atoms with van der Waals surface area (Å²) in [7, 11) is 0. The maximum absolute atomic E-state index is 13.0. The number of hydrogen-bond acceptors (Lipinski definition) is 4. The average molecular weight is 364 g/mol. The van der Waals surface area contributed by atoms with Crippen molar-refractivity contribution in [3.63, 3.8) is 0 Å². The van der Waals surface area contributed by atoms with Crippen molar-refractivity contribution in [2.24, 2.45) is 5.92 Å². The number of hydrogen-bond donors (Lipinski definition) is 2. The first-order valence-electron chi connectivity index (χ1n) is 9.88. The molecule has 1 amide bonds. The first-order chi connectivity index (χ1) is 13.1. The summed E-state index contributed by atoms with van der Waals surface area (Å²) in [5, 5.41) is 0. The van der Waals surface area contributed by atoms with Crippen molar-refractivity contribution in [1.82, 2.24) is 20.7 Å². The minimum atomic E-state index is 0.114. The van der Waals surface area contributed by atoms with Crippen LogP contribution in [0.3, 0.4) is 0 Å². The van der Waals surface area contributed by atoms with Crippen LogP contribution in [-0.2, 0) is 0 Å². The highest BCUT2D eigenvalue weighted by Gasteiger charge is 2.37. The molecule has 4 rings (SSSR count). The molecule has 0 saturated carbocycles. The molecule has 0 spiro atoms. The first kappa shape index (κ1) is 18.1. The number of amides is 1. The predicted molar refractivity (Wildman–Crippen MR) is 106 cm³/mol. The van der Waals surface area contributed by atoms with Crippen LogP contribution in [0, 0.1) is 19.8 Å². The van der Waals surface area contributed by atoms with Gasteiger partial charge in [0.05, 0.1) is 5.56 Å². The van der Waals surface area contributed by atoms with Crippen molar-refractivity contribution < 1.29 is 4.79 Å². The van der Waals surface area contributed by atoms with E-state index >= 15 is 0 Å². The molecule has 3 heterocycles. The maximum atomic E-state index is 13.0. The Morgan fingerprint density at radius 3 is 2.78 bits per heavy atom. The molecular weight excluding hydrogens is 336 g/mol. The van der Waals surface area contributed by atoms with Gasteiger partial charge in [-0.15, -0.1) is 0 Å². The molecule has 5 heteroatoms. The fourth-order valence-electron chi connectivity index (χ4n) is 4.45. The Bertz CT molecular complexity index is 804. The Morgan fingerprint density at radius 1 is 1.19 bits per heavy atom. The van der Waals surface area contributed by atoms with Crippen LogP contribution in [0.5, 0.6) is 0 Å². The monoisotopic (exact) mass is 364 g/mol. The van der Waals surface area contributed by atoms with E-state index < -0.39 is 0 Å². The molecule has 2 aliphatic rings. The Hall–Kier alpha value is -2.24. The molecule has 27 heavy (non-hydrogen) atoms. The second-order valence-electron chi connectivity index (χ2n) is 7.91. The Balaban J connectivity index is 1.50. The molecule has 2 N–H and O–H groups in total. The van der Waals surface area contributed by atoms with Crippen LogP contribution in [0.4, 0.5) is 0 Å². The van der Waals surface area contributed by atoms with Gasteiger partial charge in [-0.3, -0.25) is 20.6 Å². The summed E-state index contributed by atoms with van der Waals surface area (Å²) in [6.07, 6.45) is 5.64. The number of benzene rings is 1. The summed E-state index contributed by atoms with van der Waals surface area (Å²) in [5.74, 6) is 0.995. The van der Waals surface area contributed by atoms with Crippen LogP contribution in [0.2, 0.25) is 0 Å². The van der Waals surface area contributed by atoms with E-state index in [-0.39, 0.29) is 5.91 Å². The van der Waals surface area contributed by atoms with Crippen molar-refractivity contribution in [3.8, 4) is 0 Å². The zero-order valence-corrected chi connectivity index (χ0v) is 16.1. The van der Waals surface area contributed by atoms with Crippen LogP contribution in [-0.4, -0.2) is 41.5 Å². The quantitative estimate of drug-likeness (QED) is 0.879. The minimum absolute atomic E-state index is 0.114. The van der Waals surface area contributed by atoms with Crippen molar-refractivity contribution in [2.75, 3.05) is 19.6 Å². The van der Waals surface area contributed by atoms with E-state index in [4.69, 9.17) is 0 Å². The number of carbonyl (C=O) groups is 1. The standard InChI is InChI=1S/C22H28N4O/c1-15-5-7-17(8-6-15)20-13-24-25-21(20)18-4-3-11-26(14-18)22(27)19-12-23-10-9-16(19)2/h5-10,12,18,20-21,24-25H,3-4,11,13-14H2,1-2H3. The van der Waals surface area contributed by atoms with Gasteiger partial charge in [-0.25, -0.2) is 0 Å². The fourth-order valence-corrected chi connectivity index (χ4v) is 4.45. The number of rotatable bonds is 3. The highest BCUT2D eigenvalue weighted by atomic mass is 16.2. The van der Waals surface area contributed by atoms with E-state index in [9.17, 15) is 4.79 Å². The highest BCUT2D eigenvalue weighted by molar-refractivity contribution is 5.95. The molecule has 0 bridgehead atoms. The fraction of sp³-hybridized carbons (Fsp3) is 0.455. The van der Waals surface area contributed by atoms with Gasteiger partial charge in [-0.2, -0.15) is 0 Å². The van der Waals surface area contributed by atoms with Gasteiger partial charge in [0.15, 0.2) is 0 Å². The lowest BCUT2D eigenvalue weighted by Crippen LogP contribution is -2.48. The van der Waals surface area contributed by atoms with Crippen LogP contribution in [0.15, 0.2) is 42.7 Å². The molecule has 2 fully saturated rings. The van der Waals surface area contributed by atoms with Gasteiger partial charge >= 0.3 is 0 Å². The van der Waals surface area contributed by atoms with Gasteiger partial charge < -0.3 is 4.90 Å². The third-order valence-corrected chi connectivity index (χ3v) is 6.05. The summed E-state index contributed by atoms with van der Waals surface area (Å²) >= 11 is 0. The number of pyridine rings is 1. The van der Waals surface area contributed by atoms with Gasteiger partial charge in [0.1, 0.15) is 0 Å². The van der Waals surface area contributed by atoms with Crippen LogP contribution in [0.25, 0.3) is 0 Å². The van der Waals surface area contributed by atoms with Crippen molar-refractivity contribution in [3.05, 3.63) is 65.0 Å². The molecule has 0 aliphatic carbocycles. The first-order valence-corrected chi connectivity index (χ1v) is 9.88. The Morgan fingerprint density at radius 2 is 2.00 bits per heavy atom.